The number of aromatic nitrogens is 4. The lowest BCUT2D eigenvalue weighted by atomic mass is 9.96. The summed E-state index contributed by atoms with van der Waals surface area (Å²) in [7, 11) is 0. The zero-order chi connectivity index (χ0) is 29.7. The highest BCUT2D eigenvalue weighted by Crippen LogP contribution is 2.38. The van der Waals surface area contributed by atoms with Gasteiger partial charge in [0, 0.05) is 45.2 Å². The zero-order valence-corrected chi connectivity index (χ0v) is 24.3. The van der Waals surface area contributed by atoms with E-state index in [1.807, 2.05) is 24.3 Å². The predicted octanol–water partition coefficient (Wildman–Crippen LogP) is 10.3. The van der Waals surface area contributed by atoms with Crippen molar-refractivity contribution in [1.82, 2.24) is 19.4 Å². The Bertz CT molecular complexity index is 2520. The van der Waals surface area contributed by atoms with Crippen molar-refractivity contribution in [3.05, 3.63) is 158 Å². The third kappa shape index (κ3) is 4.35. The number of benzene rings is 5. The fourth-order valence-electron chi connectivity index (χ4n) is 6.34. The molecule has 0 unspecified atom stereocenters. The van der Waals surface area contributed by atoms with Crippen LogP contribution < -0.4 is 0 Å². The molecule has 5 aromatic carbocycles. The average Bonchev–Trinajstić information content (AvgIpc) is 3.55. The monoisotopic (exact) mass is 574 g/mol. The highest BCUT2D eigenvalue weighted by atomic mass is 15.0. The molecule has 0 aliphatic rings. The molecule has 0 atom stereocenters. The summed E-state index contributed by atoms with van der Waals surface area (Å²) in [6.45, 7) is 0. The third-order valence-corrected chi connectivity index (χ3v) is 8.61. The first-order valence-electron chi connectivity index (χ1n) is 15.1. The van der Waals surface area contributed by atoms with Crippen LogP contribution in [0.15, 0.2) is 158 Å². The van der Waals surface area contributed by atoms with Gasteiger partial charge in [0.05, 0.1) is 28.1 Å². The van der Waals surface area contributed by atoms with E-state index in [0.717, 1.165) is 83.1 Å². The van der Waals surface area contributed by atoms with Crippen molar-refractivity contribution in [2.75, 3.05) is 0 Å². The van der Waals surface area contributed by atoms with Gasteiger partial charge in [-0.1, -0.05) is 121 Å². The second-order valence-electron chi connectivity index (χ2n) is 11.4. The Morgan fingerprint density at radius 1 is 0.400 bits per heavy atom. The molecule has 0 saturated heterocycles. The molecular weight excluding hydrogens is 548 g/mol. The summed E-state index contributed by atoms with van der Waals surface area (Å²) in [6, 6.07) is 50.6. The summed E-state index contributed by atoms with van der Waals surface area (Å²) in [5, 5.41) is 4.46. The lowest BCUT2D eigenvalue weighted by Crippen LogP contribution is -1.94. The van der Waals surface area contributed by atoms with Gasteiger partial charge in [-0.25, -0.2) is 15.0 Å². The number of imidazole rings is 1. The van der Waals surface area contributed by atoms with Crippen LogP contribution in [-0.2, 0) is 0 Å². The van der Waals surface area contributed by atoms with Gasteiger partial charge in [-0.2, -0.15) is 0 Å². The number of pyridine rings is 3. The van der Waals surface area contributed by atoms with Crippen LogP contribution in [0.5, 0.6) is 0 Å². The second-order valence-corrected chi connectivity index (χ2v) is 11.4. The quantitative estimate of drug-likeness (QED) is 0.196. The minimum Gasteiger partial charge on any atom is -0.306 e. The first-order valence-corrected chi connectivity index (χ1v) is 15.1. The standard InChI is InChI=1S/C41H26N4/c1-3-9-28(10-4-1)35-23-20-31-19-22-34-33-13-7-8-14-36(33)44-41(39(34)40(31)43-35)30-17-15-27(16-18-30)32-21-24-38-42-37(26-45(38)25-32)29-11-5-2-6-12-29/h1-26H. The normalized spacial score (nSPS) is 11.6. The maximum absolute atomic E-state index is 5.25. The molecule has 0 saturated carbocycles. The third-order valence-electron chi connectivity index (χ3n) is 8.61. The molecule has 9 rings (SSSR count). The summed E-state index contributed by atoms with van der Waals surface area (Å²) >= 11 is 0. The van der Waals surface area contributed by atoms with Gasteiger partial charge in [0.25, 0.3) is 0 Å². The van der Waals surface area contributed by atoms with Crippen LogP contribution in [0.2, 0.25) is 0 Å². The van der Waals surface area contributed by atoms with Crippen LogP contribution in [0.4, 0.5) is 0 Å². The van der Waals surface area contributed by atoms with E-state index < -0.39 is 0 Å². The second kappa shape index (κ2) is 10.2. The van der Waals surface area contributed by atoms with Crippen LogP contribution >= 0.6 is 0 Å². The molecule has 0 amide bonds. The summed E-state index contributed by atoms with van der Waals surface area (Å²) < 4.78 is 2.10. The van der Waals surface area contributed by atoms with Gasteiger partial charge in [0.2, 0.25) is 0 Å². The average molecular weight is 575 g/mol. The fraction of sp³-hybridized carbons (Fsp3) is 0. The molecule has 0 spiro atoms. The highest BCUT2D eigenvalue weighted by Gasteiger charge is 2.16. The van der Waals surface area contributed by atoms with Crippen molar-refractivity contribution in [1.29, 1.82) is 0 Å². The first-order chi connectivity index (χ1) is 22.3. The Morgan fingerprint density at radius 3 is 1.87 bits per heavy atom. The van der Waals surface area contributed by atoms with Crippen molar-refractivity contribution in [2.24, 2.45) is 0 Å². The lowest BCUT2D eigenvalue weighted by molar-refractivity contribution is 1.19. The zero-order valence-electron chi connectivity index (χ0n) is 24.3. The Hall–Kier alpha value is -6.13. The molecule has 0 aliphatic carbocycles. The molecule has 0 aliphatic heterocycles. The number of fused-ring (bicyclic) bond motifs is 6. The maximum Gasteiger partial charge on any atom is 0.137 e. The summed E-state index contributed by atoms with van der Waals surface area (Å²) in [4.78, 5) is 15.3. The van der Waals surface area contributed by atoms with E-state index in [1.54, 1.807) is 0 Å². The largest absolute Gasteiger partial charge is 0.306 e. The molecule has 4 nitrogen and oxygen atoms in total. The SMILES string of the molecule is c1ccc(-c2ccc3ccc4c5ccccc5nc(-c5ccc(-c6ccc7nc(-c8ccccc8)cn7c6)cc5)c4c3n2)cc1. The van der Waals surface area contributed by atoms with E-state index in [2.05, 4.69) is 138 Å². The maximum atomic E-state index is 5.25. The first kappa shape index (κ1) is 25.4. The van der Waals surface area contributed by atoms with E-state index >= 15 is 0 Å². The Balaban J connectivity index is 1.19. The smallest absolute Gasteiger partial charge is 0.137 e. The van der Waals surface area contributed by atoms with Crippen LogP contribution in [0.1, 0.15) is 0 Å². The molecule has 0 fully saturated rings. The molecule has 4 heteroatoms. The van der Waals surface area contributed by atoms with Gasteiger partial charge >= 0.3 is 0 Å². The molecule has 0 bridgehead atoms. The molecule has 45 heavy (non-hydrogen) atoms. The van der Waals surface area contributed by atoms with Gasteiger partial charge in [-0.3, -0.25) is 0 Å². The molecule has 4 aromatic heterocycles. The van der Waals surface area contributed by atoms with Crippen molar-refractivity contribution < 1.29 is 0 Å². The number of rotatable bonds is 4. The number of nitrogens with zero attached hydrogens (tertiary/aromatic N) is 4. The fourth-order valence-corrected chi connectivity index (χ4v) is 6.34. The van der Waals surface area contributed by atoms with E-state index in [9.17, 15) is 0 Å². The van der Waals surface area contributed by atoms with E-state index in [4.69, 9.17) is 15.0 Å². The summed E-state index contributed by atoms with van der Waals surface area (Å²) in [5.41, 5.74) is 11.3. The number of para-hydroxylation sites is 1. The molecule has 4 heterocycles. The number of hydrogen-bond acceptors (Lipinski definition) is 3. The lowest BCUT2D eigenvalue weighted by Gasteiger charge is -2.14. The molecular formula is C41H26N4. The molecule has 0 radical (unpaired) electrons. The highest BCUT2D eigenvalue weighted by molar-refractivity contribution is 6.20. The minimum absolute atomic E-state index is 0.926. The van der Waals surface area contributed by atoms with Crippen molar-refractivity contribution in [2.45, 2.75) is 0 Å². The van der Waals surface area contributed by atoms with Gasteiger partial charge in [-0.15, -0.1) is 0 Å². The molecule has 210 valence electrons. The molecule has 0 N–H and O–H groups in total. The predicted molar refractivity (Wildman–Crippen MR) is 185 cm³/mol. The van der Waals surface area contributed by atoms with Crippen LogP contribution in [-0.4, -0.2) is 19.4 Å². The van der Waals surface area contributed by atoms with Gasteiger partial charge in [0.15, 0.2) is 0 Å². The van der Waals surface area contributed by atoms with Gasteiger partial charge in [0.1, 0.15) is 5.65 Å². The van der Waals surface area contributed by atoms with Crippen LogP contribution in [0.3, 0.4) is 0 Å². The summed E-state index contributed by atoms with van der Waals surface area (Å²) in [5.74, 6) is 0. The van der Waals surface area contributed by atoms with E-state index in [0.29, 0.717) is 0 Å². The Morgan fingerprint density at radius 2 is 1.07 bits per heavy atom. The van der Waals surface area contributed by atoms with Gasteiger partial charge < -0.3 is 4.40 Å². The Kier molecular flexibility index (Phi) is 5.78. The van der Waals surface area contributed by atoms with Crippen LogP contribution in [0.25, 0.3) is 83.1 Å². The van der Waals surface area contributed by atoms with Crippen molar-refractivity contribution >= 4 is 38.2 Å². The van der Waals surface area contributed by atoms with E-state index in [1.165, 1.54) is 0 Å². The Labute approximate surface area is 259 Å². The molecule has 9 aromatic rings. The minimum atomic E-state index is 0.926. The summed E-state index contributed by atoms with van der Waals surface area (Å²) in [6.07, 6.45) is 4.24. The number of hydrogen-bond donors (Lipinski definition) is 0. The van der Waals surface area contributed by atoms with Crippen molar-refractivity contribution in [3.8, 4) is 44.9 Å². The van der Waals surface area contributed by atoms with E-state index in [-0.39, 0.29) is 0 Å². The van der Waals surface area contributed by atoms with Gasteiger partial charge in [-0.05, 0) is 40.8 Å². The van der Waals surface area contributed by atoms with Crippen molar-refractivity contribution in [3.63, 3.8) is 0 Å². The van der Waals surface area contributed by atoms with Crippen LogP contribution in [0, 0.1) is 0 Å². The topological polar surface area (TPSA) is 43.1 Å².